The van der Waals surface area contributed by atoms with Gasteiger partial charge in [0.1, 0.15) is 0 Å². The van der Waals surface area contributed by atoms with Crippen molar-refractivity contribution < 1.29 is 19.1 Å². The Bertz CT molecular complexity index is 654. The molecular weight excluding hydrogens is 326 g/mol. The molecule has 24 heavy (non-hydrogen) atoms. The average molecular weight is 349 g/mol. The fourth-order valence-electron chi connectivity index (χ4n) is 2.22. The summed E-state index contributed by atoms with van der Waals surface area (Å²) in [5.74, 6) is 1.46. The zero-order valence-electron chi connectivity index (χ0n) is 14.5. The van der Waals surface area contributed by atoms with E-state index in [9.17, 15) is 9.59 Å². The number of benzene rings is 1. The second kappa shape index (κ2) is 8.24. The molecule has 0 atom stereocenters. The maximum Gasteiger partial charge on any atom is 0.293 e. The number of nitrogens with zero attached hydrogens (tertiary/aromatic N) is 1. The van der Waals surface area contributed by atoms with E-state index >= 15 is 0 Å². The van der Waals surface area contributed by atoms with Gasteiger partial charge in [-0.15, -0.1) is 0 Å². The number of imide groups is 1. The molecule has 0 unspecified atom stereocenters. The van der Waals surface area contributed by atoms with Crippen LogP contribution in [0.4, 0.5) is 4.79 Å². The third-order valence-electron chi connectivity index (χ3n) is 3.38. The van der Waals surface area contributed by atoms with Gasteiger partial charge < -0.3 is 9.47 Å². The first kappa shape index (κ1) is 18.4. The Kier molecular flexibility index (Phi) is 6.31. The first-order valence-corrected chi connectivity index (χ1v) is 8.84. The van der Waals surface area contributed by atoms with Crippen molar-refractivity contribution in [2.24, 2.45) is 5.92 Å². The highest BCUT2D eigenvalue weighted by atomic mass is 32.2. The van der Waals surface area contributed by atoms with Gasteiger partial charge in [-0.1, -0.05) is 26.8 Å². The van der Waals surface area contributed by atoms with Crippen molar-refractivity contribution in [3.05, 3.63) is 28.7 Å². The van der Waals surface area contributed by atoms with Gasteiger partial charge in [-0.25, -0.2) is 0 Å². The van der Waals surface area contributed by atoms with Crippen molar-refractivity contribution in [2.45, 2.75) is 27.2 Å². The Morgan fingerprint density at radius 2 is 2.00 bits per heavy atom. The monoisotopic (exact) mass is 349 g/mol. The van der Waals surface area contributed by atoms with Crippen LogP contribution in [0, 0.1) is 5.92 Å². The van der Waals surface area contributed by atoms with Gasteiger partial charge in [0.15, 0.2) is 11.5 Å². The molecule has 0 saturated carbocycles. The van der Waals surface area contributed by atoms with Crippen LogP contribution >= 0.6 is 11.8 Å². The van der Waals surface area contributed by atoms with E-state index in [0.29, 0.717) is 35.5 Å². The summed E-state index contributed by atoms with van der Waals surface area (Å²) >= 11 is 0.975. The number of methoxy groups -OCH3 is 1. The number of hydrogen-bond donors (Lipinski definition) is 0. The molecule has 0 aromatic heterocycles. The molecule has 2 amide bonds. The first-order valence-electron chi connectivity index (χ1n) is 8.02. The number of rotatable bonds is 7. The highest BCUT2D eigenvalue weighted by Gasteiger charge is 2.34. The minimum atomic E-state index is -0.231. The summed E-state index contributed by atoms with van der Waals surface area (Å²) in [6.07, 6.45) is 2.47. The molecule has 1 aromatic carbocycles. The fourth-order valence-corrected chi connectivity index (χ4v) is 3.08. The van der Waals surface area contributed by atoms with Gasteiger partial charge in [-0.2, -0.15) is 0 Å². The number of ether oxygens (including phenoxy) is 2. The smallest absolute Gasteiger partial charge is 0.293 e. The van der Waals surface area contributed by atoms with Gasteiger partial charge in [0, 0.05) is 6.54 Å². The Morgan fingerprint density at radius 3 is 2.62 bits per heavy atom. The molecule has 1 aliphatic heterocycles. The first-order chi connectivity index (χ1) is 11.5. The Morgan fingerprint density at radius 1 is 1.25 bits per heavy atom. The highest BCUT2D eigenvalue weighted by Crippen LogP contribution is 2.34. The summed E-state index contributed by atoms with van der Waals surface area (Å²) in [4.78, 5) is 25.9. The summed E-state index contributed by atoms with van der Waals surface area (Å²) in [7, 11) is 1.58. The third kappa shape index (κ3) is 4.32. The molecule has 5 nitrogen and oxygen atoms in total. The Balaban J connectivity index is 2.21. The summed E-state index contributed by atoms with van der Waals surface area (Å²) < 4.78 is 11.1. The molecule has 0 radical (unpaired) electrons. The van der Waals surface area contributed by atoms with E-state index in [1.54, 1.807) is 13.2 Å². The third-order valence-corrected chi connectivity index (χ3v) is 4.29. The van der Waals surface area contributed by atoms with Crippen molar-refractivity contribution in [3.63, 3.8) is 0 Å². The van der Waals surface area contributed by atoms with Crippen LogP contribution in [0.2, 0.25) is 0 Å². The van der Waals surface area contributed by atoms with E-state index in [1.165, 1.54) is 4.90 Å². The van der Waals surface area contributed by atoms with Gasteiger partial charge in [0.2, 0.25) is 0 Å². The molecule has 1 fully saturated rings. The van der Waals surface area contributed by atoms with Crippen molar-refractivity contribution in [1.29, 1.82) is 0 Å². The molecule has 6 heteroatoms. The van der Waals surface area contributed by atoms with Gasteiger partial charge in [-0.05, 0) is 47.9 Å². The quantitative estimate of drug-likeness (QED) is 0.691. The molecule has 0 aliphatic carbocycles. The fraction of sp³-hybridized carbons (Fsp3) is 0.444. The minimum absolute atomic E-state index is 0.211. The molecule has 1 saturated heterocycles. The summed E-state index contributed by atoms with van der Waals surface area (Å²) in [5, 5.41) is -0.211. The average Bonchev–Trinajstić information content (AvgIpc) is 2.81. The molecule has 1 aromatic rings. The van der Waals surface area contributed by atoms with Crippen LogP contribution < -0.4 is 9.47 Å². The summed E-state index contributed by atoms with van der Waals surface area (Å²) in [5.41, 5.74) is 0.797. The highest BCUT2D eigenvalue weighted by molar-refractivity contribution is 8.18. The number of amides is 2. The molecule has 130 valence electrons. The molecular formula is C18H23NO4S. The lowest BCUT2D eigenvalue weighted by atomic mass is 10.1. The molecule has 1 heterocycles. The van der Waals surface area contributed by atoms with Crippen molar-refractivity contribution >= 4 is 29.0 Å². The standard InChI is InChI=1S/C18H23NO4S/c1-5-8-19-17(20)16(24-18(19)21)10-13-6-7-14(15(9-13)22-4)23-11-12(2)3/h6-7,9-10,12H,5,8,11H2,1-4H3/b16-10-. The second-order valence-electron chi connectivity index (χ2n) is 5.95. The van der Waals surface area contributed by atoms with E-state index in [2.05, 4.69) is 13.8 Å². The topological polar surface area (TPSA) is 55.8 Å². The van der Waals surface area contributed by atoms with Crippen molar-refractivity contribution in [1.82, 2.24) is 4.90 Å². The van der Waals surface area contributed by atoms with Gasteiger partial charge in [0.25, 0.3) is 11.1 Å². The van der Waals surface area contributed by atoms with E-state index in [1.807, 2.05) is 25.1 Å². The normalized spacial score (nSPS) is 16.4. The maximum atomic E-state index is 12.3. The van der Waals surface area contributed by atoms with Crippen LogP contribution in [0.5, 0.6) is 11.5 Å². The molecule has 2 rings (SSSR count). The summed E-state index contributed by atoms with van der Waals surface area (Å²) in [6.45, 7) is 7.15. The van der Waals surface area contributed by atoms with E-state index < -0.39 is 0 Å². The lowest BCUT2D eigenvalue weighted by Crippen LogP contribution is -2.28. The largest absolute Gasteiger partial charge is 0.493 e. The van der Waals surface area contributed by atoms with Gasteiger partial charge >= 0.3 is 0 Å². The Labute approximate surface area is 147 Å². The molecule has 0 N–H and O–H groups in total. The lowest BCUT2D eigenvalue weighted by Gasteiger charge is -2.13. The molecule has 1 aliphatic rings. The predicted octanol–water partition coefficient (Wildman–Crippen LogP) is 4.18. The van der Waals surface area contributed by atoms with Crippen LogP contribution in [0.3, 0.4) is 0 Å². The van der Waals surface area contributed by atoms with Crippen LogP contribution in [0.15, 0.2) is 23.1 Å². The van der Waals surface area contributed by atoms with Crippen molar-refractivity contribution in [2.75, 3.05) is 20.3 Å². The minimum Gasteiger partial charge on any atom is -0.493 e. The number of carbonyl (C=O) groups is 2. The van der Waals surface area contributed by atoms with Gasteiger partial charge in [-0.3, -0.25) is 14.5 Å². The van der Waals surface area contributed by atoms with Gasteiger partial charge in [0.05, 0.1) is 18.6 Å². The second-order valence-corrected chi connectivity index (χ2v) is 6.94. The van der Waals surface area contributed by atoms with Crippen LogP contribution in [-0.2, 0) is 4.79 Å². The van der Waals surface area contributed by atoms with E-state index in [0.717, 1.165) is 23.7 Å². The number of carbonyl (C=O) groups excluding carboxylic acids is 2. The van der Waals surface area contributed by atoms with Crippen LogP contribution in [0.1, 0.15) is 32.8 Å². The maximum absolute atomic E-state index is 12.3. The number of thioether (sulfide) groups is 1. The van der Waals surface area contributed by atoms with Crippen LogP contribution in [-0.4, -0.2) is 36.3 Å². The summed E-state index contributed by atoms with van der Waals surface area (Å²) in [6, 6.07) is 5.48. The van der Waals surface area contributed by atoms with Crippen molar-refractivity contribution in [3.8, 4) is 11.5 Å². The van der Waals surface area contributed by atoms with Crippen LogP contribution in [0.25, 0.3) is 6.08 Å². The molecule has 0 spiro atoms. The van der Waals surface area contributed by atoms with E-state index in [4.69, 9.17) is 9.47 Å². The SMILES string of the molecule is CCCN1C(=O)S/C(=C\c2ccc(OCC(C)C)c(OC)c2)C1=O. The molecule has 0 bridgehead atoms. The zero-order valence-corrected chi connectivity index (χ0v) is 15.3. The zero-order chi connectivity index (χ0) is 17.7. The Hall–Kier alpha value is -1.95. The lowest BCUT2D eigenvalue weighted by molar-refractivity contribution is -0.122. The number of hydrogen-bond acceptors (Lipinski definition) is 5. The predicted molar refractivity (Wildman–Crippen MR) is 96.3 cm³/mol. The van der Waals surface area contributed by atoms with E-state index in [-0.39, 0.29) is 11.1 Å².